The highest BCUT2D eigenvalue weighted by molar-refractivity contribution is 5.88. The SMILES string of the molecule is COc1cc(OC)c(OC)cc1CNC(=O)CNC(=O)C12CC3CC(CC(C3)C1)C2. The van der Waals surface area contributed by atoms with E-state index in [1.54, 1.807) is 33.5 Å². The van der Waals surface area contributed by atoms with Crippen molar-refractivity contribution in [3.63, 3.8) is 0 Å². The van der Waals surface area contributed by atoms with Gasteiger partial charge in [-0.3, -0.25) is 9.59 Å². The van der Waals surface area contributed by atoms with Gasteiger partial charge in [0, 0.05) is 23.6 Å². The van der Waals surface area contributed by atoms with E-state index in [-0.39, 0.29) is 30.3 Å². The summed E-state index contributed by atoms with van der Waals surface area (Å²) >= 11 is 0. The fourth-order valence-electron chi connectivity index (χ4n) is 6.22. The summed E-state index contributed by atoms with van der Waals surface area (Å²) in [6, 6.07) is 3.51. The van der Waals surface area contributed by atoms with Crippen LogP contribution in [0.3, 0.4) is 0 Å². The molecular formula is C23H32N2O5. The van der Waals surface area contributed by atoms with E-state index < -0.39 is 0 Å². The fraction of sp³-hybridized carbons (Fsp3) is 0.652. The van der Waals surface area contributed by atoms with Crippen molar-refractivity contribution in [2.75, 3.05) is 27.9 Å². The van der Waals surface area contributed by atoms with Gasteiger partial charge < -0.3 is 24.8 Å². The molecule has 4 aliphatic carbocycles. The van der Waals surface area contributed by atoms with Crippen LogP contribution in [-0.2, 0) is 16.1 Å². The van der Waals surface area contributed by atoms with Gasteiger partial charge in [0.05, 0.1) is 27.9 Å². The van der Waals surface area contributed by atoms with Crippen LogP contribution in [0.2, 0.25) is 0 Å². The Morgan fingerprint density at radius 2 is 1.40 bits per heavy atom. The highest BCUT2D eigenvalue weighted by Gasteiger charge is 2.54. The first-order valence-electron chi connectivity index (χ1n) is 10.8. The standard InChI is InChI=1S/C23H32N2O5/c1-28-18-8-20(30-3)19(29-2)7-17(18)12-24-21(26)13-25-22(27)23-9-14-4-15(10-23)6-16(5-14)11-23/h7-8,14-16H,4-6,9-13H2,1-3H3,(H,24,26)(H,25,27). The zero-order valence-electron chi connectivity index (χ0n) is 18.1. The monoisotopic (exact) mass is 416 g/mol. The second-order valence-corrected chi connectivity index (χ2v) is 9.18. The van der Waals surface area contributed by atoms with E-state index in [1.807, 2.05) is 0 Å². The van der Waals surface area contributed by atoms with Crippen molar-refractivity contribution in [1.29, 1.82) is 0 Å². The molecule has 7 heteroatoms. The molecule has 0 heterocycles. The Labute approximate surface area is 177 Å². The van der Waals surface area contributed by atoms with Crippen molar-refractivity contribution >= 4 is 11.8 Å². The molecule has 0 unspecified atom stereocenters. The molecule has 0 aliphatic heterocycles. The molecule has 0 saturated heterocycles. The van der Waals surface area contributed by atoms with Gasteiger partial charge in [-0.2, -0.15) is 0 Å². The lowest BCUT2D eigenvalue weighted by atomic mass is 9.49. The normalized spacial score (nSPS) is 28.7. The summed E-state index contributed by atoms with van der Waals surface area (Å²) in [5, 5.41) is 5.78. The van der Waals surface area contributed by atoms with Gasteiger partial charge in [-0.1, -0.05) is 0 Å². The molecule has 4 fully saturated rings. The van der Waals surface area contributed by atoms with Crippen LogP contribution in [0.5, 0.6) is 17.2 Å². The maximum atomic E-state index is 13.0. The fourth-order valence-corrected chi connectivity index (χ4v) is 6.22. The van der Waals surface area contributed by atoms with Crippen molar-refractivity contribution in [1.82, 2.24) is 10.6 Å². The van der Waals surface area contributed by atoms with Crippen molar-refractivity contribution in [2.24, 2.45) is 23.2 Å². The highest BCUT2D eigenvalue weighted by Crippen LogP contribution is 2.60. The minimum atomic E-state index is -0.235. The molecule has 1 aromatic carbocycles. The van der Waals surface area contributed by atoms with Crippen LogP contribution >= 0.6 is 0 Å². The Balaban J connectivity index is 1.32. The van der Waals surface area contributed by atoms with E-state index in [2.05, 4.69) is 10.6 Å². The van der Waals surface area contributed by atoms with Crippen LogP contribution in [0, 0.1) is 23.2 Å². The molecule has 5 rings (SSSR count). The van der Waals surface area contributed by atoms with Gasteiger partial charge in [-0.15, -0.1) is 0 Å². The lowest BCUT2D eigenvalue weighted by molar-refractivity contribution is -0.147. The van der Waals surface area contributed by atoms with E-state index in [4.69, 9.17) is 14.2 Å². The van der Waals surface area contributed by atoms with Crippen LogP contribution in [0.15, 0.2) is 12.1 Å². The number of amides is 2. The van der Waals surface area contributed by atoms with Gasteiger partial charge in [0.25, 0.3) is 0 Å². The number of nitrogens with one attached hydrogen (secondary N) is 2. The van der Waals surface area contributed by atoms with E-state index in [1.165, 1.54) is 19.3 Å². The van der Waals surface area contributed by atoms with Gasteiger partial charge in [-0.25, -0.2) is 0 Å². The number of carbonyl (C=O) groups is 2. The number of methoxy groups -OCH3 is 3. The van der Waals surface area contributed by atoms with Gasteiger partial charge in [0.15, 0.2) is 11.5 Å². The van der Waals surface area contributed by atoms with Crippen LogP contribution in [0.4, 0.5) is 0 Å². The molecule has 2 N–H and O–H groups in total. The summed E-state index contributed by atoms with van der Waals surface area (Å²) in [6.45, 7) is 0.270. The number of ether oxygens (including phenoxy) is 3. The topological polar surface area (TPSA) is 85.9 Å². The Morgan fingerprint density at radius 1 is 0.867 bits per heavy atom. The third-order valence-corrected chi connectivity index (χ3v) is 7.19. The molecule has 0 spiro atoms. The van der Waals surface area contributed by atoms with E-state index in [9.17, 15) is 9.59 Å². The molecule has 0 radical (unpaired) electrons. The Bertz CT molecular complexity index is 787. The maximum absolute atomic E-state index is 13.0. The predicted molar refractivity (Wildman–Crippen MR) is 112 cm³/mol. The minimum absolute atomic E-state index is 0.00378. The summed E-state index contributed by atoms with van der Waals surface area (Å²) in [5.41, 5.74) is 0.539. The second-order valence-electron chi connectivity index (χ2n) is 9.18. The molecule has 4 aliphatic rings. The summed E-state index contributed by atoms with van der Waals surface area (Å²) in [4.78, 5) is 25.4. The van der Waals surface area contributed by atoms with Crippen molar-refractivity contribution in [3.8, 4) is 17.2 Å². The quantitative estimate of drug-likeness (QED) is 0.681. The number of hydrogen-bond donors (Lipinski definition) is 2. The third-order valence-electron chi connectivity index (χ3n) is 7.19. The number of rotatable bonds is 8. The van der Waals surface area contributed by atoms with Crippen LogP contribution in [0.1, 0.15) is 44.1 Å². The van der Waals surface area contributed by atoms with Crippen molar-refractivity contribution in [3.05, 3.63) is 17.7 Å². The lowest BCUT2D eigenvalue weighted by Crippen LogP contribution is -2.54. The zero-order valence-corrected chi connectivity index (χ0v) is 18.1. The molecule has 0 aromatic heterocycles. The van der Waals surface area contributed by atoms with E-state index >= 15 is 0 Å². The minimum Gasteiger partial charge on any atom is -0.496 e. The molecule has 0 atom stereocenters. The Morgan fingerprint density at radius 3 is 1.93 bits per heavy atom. The average molecular weight is 417 g/mol. The average Bonchev–Trinajstić information content (AvgIpc) is 2.74. The van der Waals surface area contributed by atoms with Crippen LogP contribution < -0.4 is 24.8 Å². The lowest BCUT2D eigenvalue weighted by Gasteiger charge is -2.55. The van der Waals surface area contributed by atoms with Gasteiger partial charge in [-0.05, 0) is 62.3 Å². The Kier molecular flexibility index (Phi) is 5.80. The first-order valence-corrected chi connectivity index (χ1v) is 10.8. The summed E-state index contributed by atoms with van der Waals surface area (Å²) < 4.78 is 16.0. The third kappa shape index (κ3) is 3.94. The van der Waals surface area contributed by atoms with Crippen LogP contribution in [-0.4, -0.2) is 39.7 Å². The van der Waals surface area contributed by atoms with Gasteiger partial charge in [0.2, 0.25) is 11.8 Å². The number of carbonyl (C=O) groups excluding carboxylic acids is 2. The molecule has 4 saturated carbocycles. The maximum Gasteiger partial charge on any atom is 0.239 e. The summed E-state index contributed by atoms with van der Waals surface area (Å²) in [6.07, 6.45) is 6.86. The first-order chi connectivity index (χ1) is 14.5. The number of benzene rings is 1. The first kappa shape index (κ1) is 20.8. The van der Waals surface area contributed by atoms with Gasteiger partial charge >= 0.3 is 0 Å². The van der Waals surface area contributed by atoms with Crippen molar-refractivity contribution in [2.45, 2.75) is 45.1 Å². The number of hydrogen-bond acceptors (Lipinski definition) is 5. The Hall–Kier alpha value is -2.44. The zero-order chi connectivity index (χ0) is 21.3. The predicted octanol–water partition coefficient (Wildman–Crippen LogP) is 2.66. The van der Waals surface area contributed by atoms with Gasteiger partial charge in [0.1, 0.15) is 5.75 Å². The smallest absolute Gasteiger partial charge is 0.239 e. The molecule has 7 nitrogen and oxygen atoms in total. The van der Waals surface area contributed by atoms with E-state index in [0.717, 1.165) is 24.8 Å². The molecule has 1 aromatic rings. The molecule has 30 heavy (non-hydrogen) atoms. The molecular weight excluding hydrogens is 384 g/mol. The van der Waals surface area contributed by atoms with Crippen LogP contribution in [0.25, 0.3) is 0 Å². The highest BCUT2D eigenvalue weighted by atomic mass is 16.5. The van der Waals surface area contributed by atoms with Crippen molar-refractivity contribution < 1.29 is 23.8 Å². The summed E-state index contributed by atoms with van der Waals surface area (Å²) in [5.74, 6) is 3.69. The largest absolute Gasteiger partial charge is 0.496 e. The second kappa shape index (κ2) is 8.36. The molecule has 2 amide bonds. The van der Waals surface area contributed by atoms with E-state index in [0.29, 0.717) is 35.0 Å². The molecule has 4 bridgehead atoms. The summed E-state index contributed by atoms with van der Waals surface area (Å²) in [7, 11) is 4.69. The molecule has 164 valence electrons.